The van der Waals surface area contributed by atoms with Crippen molar-refractivity contribution in [2.45, 2.75) is 27.2 Å². The summed E-state index contributed by atoms with van der Waals surface area (Å²) in [5.74, 6) is -1.29. The van der Waals surface area contributed by atoms with Gasteiger partial charge < -0.3 is 4.74 Å². The highest BCUT2D eigenvalue weighted by Crippen LogP contribution is 2.13. The van der Waals surface area contributed by atoms with E-state index in [4.69, 9.17) is 0 Å². The van der Waals surface area contributed by atoms with Gasteiger partial charge in [-0.15, -0.1) is 0 Å². The van der Waals surface area contributed by atoms with Gasteiger partial charge >= 0.3 is 11.9 Å². The molecule has 4 nitrogen and oxygen atoms in total. The molecule has 0 N–H and O–H groups in total. The summed E-state index contributed by atoms with van der Waals surface area (Å²) in [6.45, 7) is 5.56. The molecule has 1 fully saturated rings. The first-order valence-electron chi connectivity index (χ1n) is 4.76. The minimum Gasteiger partial charge on any atom is -0.384 e. The van der Waals surface area contributed by atoms with Crippen LogP contribution in [-0.4, -0.2) is 17.7 Å². The van der Waals surface area contributed by atoms with Crippen LogP contribution in [0.3, 0.4) is 0 Å². The molecular weight excluding hydrogens is 194 g/mol. The Morgan fingerprint density at radius 1 is 1.40 bits per heavy atom. The van der Waals surface area contributed by atoms with Crippen molar-refractivity contribution < 1.29 is 14.3 Å². The van der Waals surface area contributed by atoms with Crippen LogP contribution in [0.5, 0.6) is 0 Å². The minimum atomic E-state index is -0.673. The van der Waals surface area contributed by atoms with Crippen molar-refractivity contribution in [3.63, 3.8) is 0 Å². The number of carbonyl (C=O) groups is 2. The molecule has 1 rings (SSSR count). The maximum absolute atomic E-state index is 11.2. The van der Waals surface area contributed by atoms with Gasteiger partial charge in [-0.3, -0.25) is 0 Å². The van der Waals surface area contributed by atoms with Crippen molar-refractivity contribution in [2.75, 3.05) is 0 Å². The van der Waals surface area contributed by atoms with Crippen molar-refractivity contribution >= 4 is 17.7 Å². The Morgan fingerprint density at radius 3 is 2.60 bits per heavy atom. The van der Waals surface area contributed by atoms with Gasteiger partial charge in [-0.2, -0.15) is 0 Å². The van der Waals surface area contributed by atoms with Crippen LogP contribution < -0.4 is 0 Å². The molecule has 1 heterocycles. The predicted molar refractivity (Wildman–Crippen MR) is 56.3 cm³/mol. The zero-order valence-electron chi connectivity index (χ0n) is 9.03. The number of aliphatic imine (C=N–C) groups is 1. The summed E-state index contributed by atoms with van der Waals surface area (Å²) in [5, 5.41) is 0. The summed E-state index contributed by atoms with van der Waals surface area (Å²) >= 11 is 0. The monoisotopic (exact) mass is 207 g/mol. The molecule has 1 aliphatic heterocycles. The Kier molecular flexibility index (Phi) is 3.55. The summed E-state index contributed by atoms with van der Waals surface area (Å²) in [4.78, 5) is 26.3. The van der Waals surface area contributed by atoms with Crippen LogP contribution in [-0.2, 0) is 14.3 Å². The Balaban J connectivity index is 3.04. The van der Waals surface area contributed by atoms with Gasteiger partial charge in [0.05, 0.1) is 5.57 Å². The van der Waals surface area contributed by atoms with Gasteiger partial charge in [0, 0.05) is 6.20 Å². The van der Waals surface area contributed by atoms with Gasteiger partial charge in [0.2, 0.25) is 0 Å². The fraction of sp³-hybridized carbons (Fsp3) is 0.364. The molecule has 0 aromatic carbocycles. The summed E-state index contributed by atoms with van der Waals surface area (Å²) < 4.78 is 4.44. The fourth-order valence-electron chi connectivity index (χ4n) is 1.04. The minimum absolute atomic E-state index is 0.0929. The lowest BCUT2D eigenvalue weighted by Gasteiger charge is -1.92. The van der Waals surface area contributed by atoms with Crippen molar-refractivity contribution in [1.29, 1.82) is 0 Å². The van der Waals surface area contributed by atoms with E-state index in [1.807, 2.05) is 13.8 Å². The van der Waals surface area contributed by atoms with E-state index in [0.717, 1.165) is 12.0 Å². The van der Waals surface area contributed by atoms with Crippen LogP contribution in [0.1, 0.15) is 27.2 Å². The molecule has 0 saturated carbocycles. The lowest BCUT2D eigenvalue weighted by molar-refractivity contribution is -0.148. The summed E-state index contributed by atoms with van der Waals surface area (Å²) in [7, 11) is 0. The number of rotatable bonds is 2. The topological polar surface area (TPSA) is 55.7 Å². The molecule has 0 amide bonds. The number of hydrogen-bond acceptors (Lipinski definition) is 4. The number of carbonyl (C=O) groups excluding carboxylic acids is 2. The van der Waals surface area contributed by atoms with Crippen molar-refractivity contribution in [3.05, 3.63) is 23.4 Å². The largest absolute Gasteiger partial charge is 0.384 e. The van der Waals surface area contributed by atoms with E-state index in [1.165, 1.54) is 6.08 Å². The van der Waals surface area contributed by atoms with Gasteiger partial charge in [-0.25, -0.2) is 14.6 Å². The average molecular weight is 207 g/mol. The molecule has 1 aliphatic rings. The summed E-state index contributed by atoms with van der Waals surface area (Å²) in [5.41, 5.74) is 1.36. The van der Waals surface area contributed by atoms with Gasteiger partial charge in [0.25, 0.3) is 0 Å². The second-order valence-corrected chi connectivity index (χ2v) is 3.19. The summed E-state index contributed by atoms with van der Waals surface area (Å²) in [6.07, 6.45) is 3.96. The van der Waals surface area contributed by atoms with Crippen LogP contribution in [0, 0.1) is 0 Å². The van der Waals surface area contributed by atoms with E-state index in [2.05, 4.69) is 9.73 Å². The van der Waals surface area contributed by atoms with Gasteiger partial charge in [-0.1, -0.05) is 18.6 Å². The fourth-order valence-corrected chi connectivity index (χ4v) is 1.04. The normalized spacial score (nSPS) is 22.7. The molecule has 4 heteroatoms. The second kappa shape index (κ2) is 4.68. The maximum atomic E-state index is 11.2. The molecule has 0 aliphatic carbocycles. The predicted octanol–water partition coefficient (Wildman–Crippen LogP) is 1.77. The van der Waals surface area contributed by atoms with Crippen molar-refractivity contribution in [3.8, 4) is 0 Å². The van der Waals surface area contributed by atoms with E-state index in [-0.39, 0.29) is 11.3 Å². The van der Waals surface area contributed by atoms with Crippen LogP contribution in [0.15, 0.2) is 28.4 Å². The average Bonchev–Trinajstić information content (AvgIpc) is 2.49. The highest BCUT2D eigenvalue weighted by molar-refractivity contribution is 6.55. The molecule has 0 aromatic heterocycles. The first-order chi connectivity index (χ1) is 7.10. The molecule has 80 valence electrons. The molecule has 0 radical (unpaired) electrons. The van der Waals surface area contributed by atoms with Gasteiger partial charge in [-0.05, 0) is 20.3 Å². The number of esters is 2. The first-order valence-corrected chi connectivity index (χ1v) is 4.76. The number of cyclic esters (lactones) is 2. The van der Waals surface area contributed by atoms with Gasteiger partial charge in [0.1, 0.15) is 0 Å². The van der Waals surface area contributed by atoms with Crippen molar-refractivity contribution in [1.82, 2.24) is 0 Å². The van der Waals surface area contributed by atoms with E-state index in [9.17, 15) is 9.59 Å². The summed E-state index contributed by atoms with van der Waals surface area (Å²) in [6, 6.07) is 0. The van der Waals surface area contributed by atoms with Crippen molar-refractivity contribution in [2.24, 2.45) is 4.99 Å². The SMILES string of the molecule is CC=C1C(=O)OC(=O)C1=NC=C(C)CC. The first kappa shape index (κ1) is 11.4. The number of allylic oxidation sites excluding steroid dienone is 2. The van der Waals surface area contributed by atoms with E-state index in [1.54, 1.807) is 13.1 Å². The third-order valence-corrected chi connectivity index (χ3v) is 2.11. The smallest absolute Gasteiger partial charge is 0.365 e. The van der Waals surface area contributed by atoms with Crippen LogP contribution in [0.2, 0.25) is 0 Å². The molecule has 0 aromatic rings. The molecule has 15 heavy (non-hydrogen) atoms. The highest BCUT2D eigenvalue weighted by Gasteiger charge is 2.34. The highest BCUT2D eigenvalue weighted by atomic mass is 16.6. The Bertz CT molecular complexity index is 389. The molecule has 0 atom stereocenters. The maximum Gasteiger partial charge on any atom is 0.365 e. The second-order valence-electron chi connectivity index (χ2n) is 3.19. The Hall–Kier alpha value is -1.71. The van der Waals surface area contributed by atoms with Crippen LogP contribution in [0.25, 0.3) is 0 Å². The van der Waals surface area contributed by atoms with E-state index < -0.39 is 11.9 Å². The van der Waals surface area contributed by atoms with E-state index >= 15 is 0 Å². The lowest BCUT2D eigenvalue weighted by Crippen LogP contribution is -2.07. The molecular formula is C11H13NO3. The van der Waals surface area contributed by atoms with Gasteiger partial charge in [0.15, 0.2) is 5.71 Å². The molecule has 0 bridgehead atoms. The van der Waals surface area contributed by atoms with Crippen LogP contribution in [0.4, 0.5) is 0 Å². The number of hydrogen-bond donors (Lipinski definition) is 0. The Morgan fingerprint density at radius 2 is 2.07 bits per heavy atom. The van der Waals surface area contributed by atoms with E-state index in [0.29, 0.717) is 0 Å². The standard InChI is InChI=1S/C11H13NO3/c1-4-7(3)6-12-9-8(5-2)10(13)15-11(9)14/h5-6H,4H2,1-3H3. The lowest BCUT2D eigenvalue weighted by atomic mass is 10.2. The third-order valence-electron chi connectivity index (χ3n) is 2.11. The molecule has 0 spiro atoms. The number of nitrogens with zero attached hydrogens (tertiary/aromatic N) is 1. The zero-order valence-corrected chi connectivity index (χ0v) is 9.03. The van der Waals surface area contributed by atoms with Crippen LogP contribution >= 0.6 is 0 Å². The number of ether oxygens (including phenoxy) is 1. The zero-order chi connectivity index (χ0) is 11.4. The molecule has 0 unspecified atom stereocenters. The quantitative estimate of drug-likeness (QED) is 0.394. The Labute approximate surface area is 88.3 Å². The molecule has 1 saturated heterocycles. The third kappa shape index (κ3) is 2.40.